The highest BCUT2D eigenvalue weighted by atomic mass is 16.5. The maximum absolute atomic E-state index is 12.0. The number of carbonyl (C=O) groups excluding carboxylic acids is 2. The van der Waals surface area contributed by atoms with Gasteiger partial charge in [0.25, 0.3) is 5.91 Å². The fraction of sp³-hybridized carbons (Fsp3) is 0.211. The number of anilines is 1. The molecule has 0 saturated carbocycles. The first kappa shape index (κ1) is 18.2. The molecule has 0 atom stereocenters. The van der Waals surface area contributed by atoms with Crippen LogP contribution in [0, 0.1) is 5.92 Å². The van der Waals surface area contributed by atoms with Crippen LogP contribution in [0.2, 0.25) is 0 Å². The van der Waals surface area contributed by atoms with E-state index in [2.05, 4.69) is 15.8 Å². The third-order valence-corrected chi connectivity index (χ3v) is 3.43. The van der Waals surface area contributed by atoms with E-state index in [1.54, 1.807) is 37.6 Å². The molecule has 0 heterocycles. The fourth-order valence-corrected chi connectivity index (χ4v) is 1.91. The molecule has 0 aliphatic carbocycles. The zero-order valence-corrected chi connectivity index (χ0v) is 14.4. The van der Waals surface area contributed by atoms with Crippen molar-refractivity contribution >= 4 is 23.7 Å². The van der Waals surface area contributed by atoms with Crippen LogP contribution in [0.3, 0.4) is 0 Å². The SMILES string of the molecule is COc1ccc(/C=N\NC(=O)c2ccc(NC(=O)C(C)C)cc2)cc1. The summed E-state index contributed by atoms with van der Waals surface area (Å²) in [4.78, 5) is 23.7. The first-order chi connectivity index (χ1) is 12.0. The molecule has 0 unspecified atom stereocenters. The topological polar surface area (TPSA) is 79.8 Å². The molecule has 2 rings (SSSR count). The van der Waals surface area contributed by atoms with Crippen molar-refractivity contribution in [2.75, 3.05) is 12.4 Å². The minimum Gasteiger partial charge on any atom is -0.497 e. The van der Waals surface area contributed by atoms with E-state index in [1.165, 1.54) is 0 Å². The quantitative estimate of drug-likeness (QED) is 0.627. The zero-order valence-electron chi connectivity index (χ0n) is 14.4. The average Bonchev–Trinajstić information content (AvgIpc) is 2.62. The normalized spacial score (nSPS) is 10.7. The monoisotopic (exact) mass is 339 g/mol. The molecule has 2 aromatic carbocycles. The third-order valence-electron chi connectivity index (χ3n) is 3.43. The molecule has 0 bridgehead atoms. The lowest BCUT2D eigenvalue weighted by Gasteiger charge is -2.08. The predicted octanol–water partition coefficient (Wildman–Crippen LogP) is 3.05. The van der Waals surface area contributed by atoms with Crippen molar-refractivity contribution in [1.82, 2.24) is 5.43 Å². The van der Waals surface area contributed by atoms with Gasteiger partial charge in [-0.15, -0.1) is 0 Å². The average molecular weight is 339 g/mol. The van der Waals surface area contributed by atoms with Gasteiger partial charge < -0.3 is 10.1 Å². The number of carbonyl (C=O) groups is 2. The second kappa shape index (κ2) is 8.63. The maximum atomic E-state index is 12.0. The van der Waals surface area contributed by atoms with E-state index in [-0.39, 0.29) is 17.7 Å². The van der Waals surface area contributed by atoms with E-state index < -0.39 is 0 Å². The highest BCUT2D eigenvalue weighted by Crippen LogP contribution is 2.11. The van der Waals surface area contributed by atoms with Crippen LogP contribution in [0.5, 0.6) is 5.75 Å². The molecule has 0 fully saturated rings. The van der Waals surface area contributed by atoms with Gasteiger partial charge in [0, 0.05) is 17.2 Å². The summed E-state index contributed by atoms with van der Waals surface area (Å²) in [6.45, 7) is 3.63. The van der Waals surface area contributed by atoms with Gasteiger partial charge >= 0.3 is 0 Å². The molecule has 0 aliphatic rings. The van der Waals surface area contributed by atoms with Gasteiger partial charge in [0.2, 0.25) is 5.91 Å². The van der Waals surface area contributed by atoms with Crippen LogP contribution < -0.4 is 15.5 Å². The molecular weight excluding hydrogens is 318 g/mol. The van der Waals surface area contributed by atoms with Crippen molar-refractivity contribution in [3.8, 4) is 5.75 Å². The lowest BCUT2D eigenvalue weighted by atomic mass is 10.1. The lowest BCUT2D eigenvalue weighted by Crippen LogP contribution is -2.19. The summed E-state index contributed by atoms with van der Waals surface area (Å²) in [7, 11) is 1.60. The predicted molar refractivity (Wildman–Crippen MR) is 98.0 cm³/mol. The number of nitrogens with zero attached hydrogens (tertiary/aromatic N) is 1. The first-order valence-electron chi connectivity index (χ1n) is 7.88. The van der Waals surface area contributed by atoms with Gasteiger partial charge in [-0.05, 0) is 54.1 Å². The summed E-state index contributed by atoms with van der Waals surface area (Å²) in [5, 5.41) is 6.70. The number of nitrogens with one attached hydrogen (secondary N) is 2. The molecular formula is C19H21N3O3. The van der Waals surface area contributed by atoms with Crippen LogP contribution in [0.1, 0.15) is 29.8 Å². The summed E-state index contributed by atoms with van der Waals surface area (Å²) in [6, 6.07) is 13.9. The summed E-state index contributed by atoms with van der Waals surface area (Å²) in [5.74, 6) is 0.258. The van der Waals surface area contributed by atoms with Crippen LogP contribution in [0.4, 0.5) is 5.69 Å². The smallest absolute Gasteiger partial charge is 0.271 e. The molecule has 0 radical (unpaired) electrons. The summed E-state index contributed by atoms with van der Waals surface area (Å²) >= 11 is 0. The van der Waals surface area contributed by atoms with Crippen molar-refractivity contribution < 1.29 is 14.3 Å². The van der Waals surface area contributed by atoms with Gasteiger partial charge in [-0.3, -0.25) is 9.59 Å². The molecule has 25 heavy (non-hydrogen) atoms. The Morgan fingerprint density at radius 3 is 2.24 bits per heavy atom. The van der Waals surface area contributed by atoms with Gasteiger partial charge in [0.1, 0.15) is 5.75 Å². The fourth-order valence-electron chi connectivity index (χ4n) is 1.91. The first-order valence-corrected chi connectivity index (χ1v) is 7.88. The Hall–Kier alpha value is -3.15. The lowest BCUT2D eigenvalue weighted by molar-refractivity contribution is -0.118. The van der Waals surface area contributed by atoms with Gasteiger partial charge in [-0.25, -0.2) is 5.43 Å². The van der Waals surface area contributed by atoms with Crippen molar-refractivity contribution in [1.29, 1.82) is 0 Å². The highest BCUT2D eigenvalue weighted by molar-refractivity contribution is 5.96. The van der Waals surface area contributed by atoms with Crippen LogP contribution in [0.25, 0.3) is 0 Å². The molecule has 2 N–H and O–H groups in total. The van der Waals surface area contributed by atoms with Crippen LogP contribution in [-0.2, 0) is 4.79 Å². The molecule has 2 amide bonds. The third kappa shape index (κ3) is 5.46. The van der Waals surface area contributed by atoms with E-state index >= 15 is 0 Å². The van der Waals surface area contributed by atoms with E-state index in [1.807, 2.05) is 38.1 Å². The van der Waals surface area contributed by atoms with Gasteiger partial charge in [-0.1, -0.05) is 13.8 Å². The van der Waals surface area contributed by atoms with E-state index in [4.69, 9.17) is 4.74 Å². The van der Waals surface area contributed by atoms with E-state index in [0.29, 0.717) is 11.3 Å². The molecule has 130 valence electrons. The Kier molecular flexibility index (Phi) is 6.28. The molecule has 0 saturated heterocycles. The molecule has 0 aliphatic heterocycles. The standard InChI is InChI=1S/C19H21N3O3/c1-13(2)18(23)21-16-8-6-15(7-9-16)19(24)22-20-12-14-4-10-17(25-3)11-5-14/h4-13H,1-3H3,(H,21,23)(H,22,24)/b20-12-. The second-order valence-corrected chi connectivity index (χ2v) is 5.69. The molecule has 6 heteroatoms. The minimum atomic E-state index is -0.327. The Morgan fingerprint density at radius 2 is 1.68 bits per heavy atom. The largest absolute Gasteiger partial charge is 0.497 e. The Morgan fingerprint density at radius 1 is 1.04 bits per heavy atom. The number of hydrazone groups is 1. The summed E-state index contributed by atoms with van der Waals surface area (Å²) in [5.41, 5.74) is 4.41. The molecule has 6 nitrogen and oxygen atoms in total. The van der Waals surface area contributed by atoms with Gasteiger partial charge in [0.05, 0.1) is 13.3 Å². The molecule has 0 spiro atoms. The number of rotatable bonds is 6. The molecule has 0 aromatic heterocycles. The summed E-state index contributed by atoms with van der Waals surface area (Å²) < 4.78 is 5.08. The number of benzene rings is 2. The minimum absolute atomic E-state index is 0.0682. The van der Waals surface area contributed by atoms with Crippen LogP contribution in [-0.4, -0.2) is 25.1 Å². The van der Waals surface area contributed by atoms with Crippen molar-refractivity contribution in [2.45, 2.75) is 13.8 Å². The van der Waals surface area contributed by atoms with Crippen molar-refractivity contribution in [3.63, 3.8) is 0 Å². The number of amides is 2. The number of ether oxygens (including phenoxy) is 1. The number of hydrogen-bond acceptors (Lipinski definition) is 4. The van der Waals surface area contributed by atoms with Crippen LogP contribution in [0.15, 0.2) is 53.6 Å². The Bertz CT molecular complexity index is 750. The maximum Gasteiger partial charge on any atom is 0.271 e. The Balaban J connectivity index is 1.91. The van der Waals surface area contributed by atoms with Crippen LogP contribution >= 0.6 is 0 Å². The van der Waals surface area contributed by atoms with Crippen molar-refractivity contribution in [3.05, 3.63) is 59.7 Å². The van der Waals surface area contributed by atoms with Gasteiger partial charge in [-0.2, -0.15) is 5.10 Å². The molecule has 2 aromatic rings. The van der Waals surface area contributed by atoms with E-state index in [0.717, 1.165) is 11.3 Å². The Labute approximate surface area is 146 Å². The summed E-state index contributed by atoms with van der Waals surface area (Å²) in [6.07, 6.45) is 1.55. The van der Waals surface area contributed by atoms with Crippen molar-refractivity contribution in [2.24, 2.45) is 11.0 Å². The number of hydrogen-bond donors (Lipinski definition) is 2. The zero-order chi connectivity index (χ0) is 18.2. The number of methoxy groups -OCH3 is 1. The van der Waals surface area contributed by atoms with E-state index in [9.17, 15) is 9.59 Å². The van der Waals surface area contributed by atoms with Gasteiger partial charge in [0.15, 0.2) is 0 Å². The highest BCUT2D eigenvalue weighted by Gasteiger charge is 2.08. The second-order valence-electron chi connectivity index (χ2n) is 5.69.